The van der Waals surface area contributed by atoms with E-state index in [0.29, 0.717) is 10.7 Å². The third-order valence-corrected chi connectivity index (χ3v) is 6.45. The van der Waals surface area contributed by atoms with Crippen LogP contribution in [0.15, 0.2) is 52.7 Å². The second-order valence-corrected chi connectivity index (χ2v) is 8.84. The number of nitrogens with one attached hydrogen (secondary N) is 1. The summed E-state index contributed by atoms with van der Waals surface area (Å²) in [5, 5.41) is 5.58. The monoisotopic (exact) mass is 394 g/mol. The number of aryl methyl sites for hydroxylation is 2. The molecule has 0 saturated carbocycles. The summed E-state index contributed by atoms with van der Waals surface area (Å²) in [6.45, 7) is 2.12. The number of rotatable bonds is 5. The van der Waals surface area contributed by atoms with Gasteiger partial charge in [0.25, 0.3) is 5.91 Å². The van der Waals surface area contributed by atoms with Crippen LogP contribution >= 0.6 is 23.1 Å². The molecular formula is C22H22N2OS2. The molecule has 0 atom stereocenters. The maximum atomic E-state index is 12.5. The number of hydrogen-bond acceptors (Lipinski definition) is 4. The van der Waals surface area contributed by atoms with Crippen LogP contribution in [0.5, 0.6) is 0 Å². The highest BCUT2D eigenvalue weighted by Crippen LogP contribution is 2.30. The van der Waals surface area contributed by atoms with Crippen LogP contribution in [0.1, 0.15) is 41.3 Å². The van der Waals surface area contributed by atoms with Gasteiger partial charge >= 0.3 is 0 Å². The predicted octanol–water partition coefficient (Wildman–Crippen LogP) is 6.05. The first kappa shape index (κ1) is 18.3. The minimum atomic E-state index is -0.116. The van der Waals surface area contributed by atoms with Crippen LogP contribution < -0.4 is 5.32 Å². The van der Waals surface area contributed by atoms with E-state index in [-0.39, 0.29) is 5.91 Å². The minimum absolute atomic E-state index is 0.116. The van der Waals surface area contributed by atoms with Gasteiger partial charge in [0.05, 0.1) is 5.69 Å². The highest BCUT2D eigenvalue weighted by Gasteiger charge is 2.13. The van der Waals surface area contributed by atoms with Crippen LogP contribution in [0, 0.1) is 0 Å². The van der Waals surface area contributed by atoms with Crippen molar-refractivity contribution >= 4 is 34.1 Å². The molecule has 1 aromatic heterocycles. The van der Waals surface area contributed by atoms with E-state index in [1.54, 1.807) is 11.8 Å². The first-order valence-electron chi connectivity index (χ1n) is 9.35. The number of hydrogen-bond donors (Lipinski definition) is 1. The molecule has 0 spiro atoms. The van der Waals surface area contributed by atoms with Crippen molar-refractivity contribution in [3.63, 3.8) is 0 Å². The highest BCUT2D eigenvalue weighted by atomic mass is 32.2. The Labute approximate surface area is 168 Å². The molecule has 1 aliphatic rings. The molecule has 4 rings (SSSR count). The van der Waals surface area contributed by atoms with Gasteiger partial charge < -0.3 is 0 Å². The predicted molar refractivity (Wildman–Crippen MR) is 115 cm³/mol. The molecule has 0 saturated heterocycles. The first-order chi connectivity index (χ1) is 13.2. The fourth-order valence-electron chi connectivity index (χ4n) is 3.39. The van der Waals surface area contributed by atoms with Gasteiger partial charge in [0.1, 0.15) is 0 Å². The van der Waals surface area contributed by atoms with Crippen molar-refractivity contribution < 1.29 is 4.79 Å². The minimum Gasteiger partial charge on any atom is -0.298 e. The fraction of sp³-hybridized carbons (Fsp3) is 0.273. The van der Waals surface area contributed by atoms with E-state index < -0.39 is 0 Å². The van der Waals surface area contributed by atoms with E-state index in [9.17, 15) is 4.79 Å². The molecule has 1 N–H and O–H groups in total. The zero-order chi connectivity index (χ0) is 18.6. The molecule has 2 aromatic carbocycles. The summed E-state index contributed by atoms with van der Waals surface area (Å²) in [7, 11) is 0. The number of carbonyl (C=O) groups is 1. The van der Waals surface area contributed by atoms with Crippen molar-refractivity contribution in [1.82, 2.24) is 4.98 Å². The zero-order valence-electron chi connectivity index (χ0n) is 15.3. The Morgan fingerprint density at radius 3 is 2.67 bits per heavy atom. The summed E-state index contributed by atoms with van der Waals surface area (Å²) < 4.78 is 0. The van der Waals surface area contributed by atoms with Crippen LogP contribution in [0.2, 0.25) is 0 Å². The first-order valence-corrected chi connectivity index (χ1v) is 11.2. The highest BCUT2D eigenvalue weighted by molar-refractivity contribution is 7.99. The lowest BCUT2D eigenvalue weighted by molar-refractivity contribution is 0.102. The van der Waals surface area contributed by atoms with Crippen LogP contribution in [-0.4, -0.2) is 16.6 Å². The molecule has 0 aliphatic heterocycles. The number of aromatic nitrogens is 1. The molecule has 1 heterocycles. The Hall–Kier alpha value is -2.11. The topological polar surface area (TPSA) is 42.0 Å². The van der Waals surface area contributed by atoms with E-state index in [4.69, 9.17) is 0 Å². The van der Waals surface area contributed by atoms with E-state index in [2.05, 4.69) is 35.4 Å². The molecule has 0 bridgehead atoms. The Balaban J connectivity index is 1.47. The largest absolute Gasteiger partial charge is 0.298 e. The van der Waals surface area contributed by atoms with Crippen LogP contribution in [-0.2, 0) is 12.8 Å². The molecule has 3 nitrogen and oxygen atoms in total. The number of nitrogens with zero attached hydrogens (tertiary/aromatic N) is 1. The number of benzene rings is 2. The Morgan fingerprint density at radius 2 is 1.89 bits per heavy atom. The normalized spacial score (nSPS) is 13.2. The van der Waals surface area contributed by atoms with Crippen molar-refractivity contribution in [1.29, 1.82) is 0 Å². The summed E-state index contributed by atoms with van der Waals surface area (Å²) in [6.07, 6.45) is 4.90. The molecule has 0 radical (unpaired) electrons. The SMILES string of the molecule is CCSc1ccc(C(=O)Nc2nc(-c3ccc4c(c3)CCCC4)cs2)cc1. The summed E-state index contributed by atoms with van der Waals surface area (Å²) >= 11 is 3.24. The number of amides is 1. The second-order valence-electron chi connectivity index (χ2n) is 6.64. The summed E-state index contributed by atoms with van der Waals surface area (Å²) in [5.74, 6) is 0.908. The second kappa shape index (κ2) is 8.28. The van der Waals surface area contributed by atoms with Gasteiger partial charge in [-0.1, -0.05) is 19.1 Å². The van der Waals surface area contributed by atoms with E-state index in [1.165, 1.54) is 46.6 Å². The molecule has 0 fully saturated rings. The Kier molecular flexibility index (Phi) is 5.60. The number of carbonyl (C=O) groups excluding carboxylic acids is 1. The number of anilines is 1. The van der Waals surface area contributed by atoms with Crippen molar-refractivity contribution in [3.05, 3.63) is 64.5 Å². The molecule has 27 heavy (non-hydrogen) atoms. The van der Waals surface area contributed by atoms with Gasteiger partial charge in [0.2, 0.25) is 0 Å². The molecule has 0 unspecified atom stereocenters. The molecular weight excluding hydrogens is 372 g/mol. The van der Waals surface area contributed by atoms with E-state index in [1.807, 2.05) is 29.6 Å². The third-order valence-electron chi connectivity index (χ3n) is 4.80. The van der Waals surface area contributed by atoms with Crippen molar-refractivity contribution in [3.8, 4) is 11.3 Å². The molecule has 3 aromatic rings. The lowest BCUT2D eigenvalue weighted by Crippen LogP contribution is -2.11. The van der Waals surface area contributed by atoms with Crippen LogP contribution in [0.3, 0.4) is 0 Å². The van der Waals surface area contributed by atoms with Gasteiger partial charge in [-0.3, -0.25) is 10.1 Å². The Morgan fingerprint density at radius 1 is 1.11 bits per heavy atom. The molecule has 138 valence electrons. The van der Waals surface area contributed by atoms with Gasteiger partial charge in [0.15, 0.2) is 5.13 Å². The zero-order valence-corrected chi connectivity index (χ0v) is 17.0. The van der Waals surface area contributed by atoms with Gasteiger partial charge in [0, 0.05) is 21.4 Å². The van der Waals surface area contributed by atoms with Crippen molar-refractivity contribution in [2.24, 2.45) is 0 Å². The lowest BCUT2D eigenvalue weighted by Gasteiger charge is -2.16. The third kappa shape index (κ3) is 4.25. The van der Waals surface area contributed by atoms with Gasteiger partial charge in [-0.2, -0.15) is 0 Å². The number of fused-ring (bicyclic) bond motifs is 1. The van der Waals surface area contributed by atoms with Crippen molar-refractivity contribution in [2.45, 2.75) is 37.5 Å². The molecule has 1 aliphatic carbocycles. The Bertz CT molecular complexity index is 947. The van der Waals surface area contributed by atoms with Crippen LogP contribution in [0.4, 0.5) is 5.13 Å². The summed E-state index contributed by atoms with van der Waals surface area (Å²) in [4.78, 5) is 18.3. The average molecular weight is 395 g/mol. The van der Waals surface area contributed by atoms with Gasteiger partial charge in [-0.05, 0) is 72.9 Å². The van der Waals surface area contributed by atoms with E-state index >= 15 is 0 Å². The van der Waals surface area contributed by atoms with Crippen LogP contribution in [0.25, 0.3) is 11.3 Å². The van der Waals surface area contributed by atoms with Gasteiger partial charge in [-0.25, -0.2) is 4.98 Å². The number of thioether (sulfide) groups is 1. The summed E-state index contributed by atoms with van der Waals surface area (Å²) in [5.41, 5.74) is 5.63. The maximum absolute atomic E-state index is 12.5. The average Bonchev–Trinajstić information content (AvgIpc) is 3.17. The quantitative estimate of drug-likeness (QED) is 0.535. The number of thiazole rings is 1. The lowest BCUT2D eigenvalue weighted by atomic mass is 9.90. The molecule has 1 amide bonds. The van der Waals surface area contributed by atoms with E-state index in [0.717, 1.165) is 23.4 Å². The maximum Gasteiger partial charge on any atom is 0.257 e. The smallest absolute Gasteiger partial charge is 0.257 e. The summed E-state index contributed by atoms with van der Waals surface area (Å²) in [6, 6.07) is 14.4. The van der Waals surface area contributed by atoms with Gasteiger partial charge in [-0.15, -0.1) is 23.1 Å². The molecule has 5 heteroatoms. The fourth-order valence-corrected chi connectivity index (χ4v) is 4.77. The standard InChI is InChI=1S/C22H22N2OS2/c1-2-26-19-11-9-16(10-12-19)21(25)24-22-23-20(14-27-22)18-8-7-15-5-3-4-6-17(15)13-18/h7-14H,2-6H2,1H3,(H,23,24,25). The van der Waals surface area contributed by atoms with Crippen molar-refractivity contribution in [2.75, 3.05) is 11.1 Å².